The average Bonchev–Trinajstić information content (AvgIpc) is 3.23. The first-order valence-corrected chi connectivity index (χ1v) is 7.60. The second-order valence-corrected chi connectivity index (χ2v) is 5.80. The molecule has 0 atom stereocenters. The lowest BCUT2D eigenvalue weighted by atomic mass is 10.1. The first kappa shape index (κ1) is 14.6. The van der Waals surface area contributed by atoms with Crippen LogP contribution in [0.4, 0.5) is 11.4 Å². The standard InChI is InChI=1S/C16H20N4O2/c1-10-5-8-12(17)9-13(10)18-14(21)3-2-4-15-19-16(20-22-15)11-6-7-11/h5,8-9,11H,2-4,6-7,17H2,1H3,(H,18,21). The van der Waals surface area contributed by atoms with Crippen molar-refractivity contribution in [2.75, 3.05) is 11.1 Å². The number of hydrogen-bond donors (Lipinski definition) is 2. The largest absolute Gasteiger partial charge is 0.399 e. The number of aryl methyl sites for hydroxylation is 2. The monoisotopic (exact) mass is 300 g/mol. The molecule has 0 aliphatic heterocycles. The number of hydrogen-bond acceptors (Lipinski definition) is 5. The van der Waals surface area contributed by atoms with E-state index in [9.17, 15) is 4.79 Å². The molecular formula is C16H20N4O2. The number of nitrogen functional groups attached to an aromatic ring is 1. The second kappa shape index (κ2) is 6.17. The molecule has 0 unspecified atom stereocenters. The minimum Gasteiger partial charge on any atom is -0.399 e. The van der Waals surface area contributed by atoms with E-state index in [1.165, 1.54) is 0 Å². The van der Waals surface area contributed by atoms with E-state index in [1.807, 2.05) is 19.1 Å². The van der Waals surface area contributed by atoms with Gasteiger partial charge < -0.3 is 15.6 Å². The molecule has 1 saturated carbocycles. The molecule has 22 heavy (non-hydrogen) atoms. The van der Waals surface area contributed by atoms with Crippen LogP contribution in [0.15, 0.2) is 22.7 Å². The normalized spacial score (nSPS) is 14.0. The zero-order valence-electron chi connectivity index (χ0n) is 12.6. The molecule has 0 radical (unpaired) electrons. The lowest BCUT2D eigenvalue weighted by molar-refractivity contribution is -0.116. The third-order valence-electron chi connectivity index (χ3n) is 3.76. The maximum absolute atomic E-state index is 12.0. The van der Waals surface area contributed by atoms with E-state index in [0.29, 0.717) is 36.8 Å². The van der Waals surface area contributed by atoms with Crippen molar-refractivity contribution in [2.45, 2.75) is 44.9 Å². The molecule has 0 bridgehead atoms. The Morgan fingerprint density at radius 1 is 1.45 bits per heavy atom. The number of amides is 1. The molecule has 1 aromatic heterocycles. The van der Waals surface area contributed by atoms with Crippen LogP contribution in [0.5, 0.6) is 0 Å². The SMILES string of the molecule is Cc1ccc(N)cc1NC(=O)CCCc1nc(C2CC2)no1. The summed E-state index contributed by atoms with van der Waals surface area (Å²) in [4.78, 5) is 16.3. The quantitative estimate of drug-likeness (QED) is 0.800. The Labute approximate surface area is 129 Å². The van der Waals surface area contributed by atoms with Crippen LogP contribution in [0.25, 0.3) is 0 Å². The number of rotatable bonds is 6. The van der Waals surface area contributed by atoms with Gasteiger partial charge in [-0.25, -0.2) is 0 Å². The molecule has 116 valence electrons. The summed E-state index contributed by atoms with van der Waals surface area (Å²) in [5.74, 6) is 1.90. The van der Waals surface area contributed by atoms with Crippen molar-refractivity contribution in [3.8, 4) is 0 Å². The minimum atomic E-state index is -0.0318. The van der Waals surface area contributed by atoms with Crippen LogP contribution in [-0.2, 0) is 11.2 Å². The number of aromatic nitrogens is 2. The summed E-state index contributed by atoms with van der Waals surface area (Å²) in [7, 11) is 0. The average molecular weight is 300 g/mol. The van der Waals surface area contributed by atoms with Crippen molar-refractivity contribution < 1.29 is 9.32 Å². The fraction of sp³-hybridized carbons (Fsp3) is 0.438. The Bertz CT molecular complexity index is 677. The van der Waals surface area contributed by atoms with Crippen molar-refractivity contribution in [3.63, 3.8) is 0 Å². The highest BCUT2D eigenvalue weighted by Gasteiger charge is 2.28. The molecule has 0 saturated heterocycles. The van der Waals surface area contributed by atoms with Gasteiger partial charge in [0.15, 0.2) is 5.82 Å². The fourth-order valence-corrected chi connectivity index (χ4v) is 2.26. The van der Waals surface area contributed by atoms with Gasteiger partial charge in [-0.1, -0.05) is 11.2 Å². The number of anilines is 2. The Morgan fingerprint density at radius 2 is 2.27 bits per heavy atom. The van der Waals surface area contributed by atoms with E-state index in [1.54, 1.807) is 6.07 Å². The van der Waals surface area contributed by atoms with E-state index in [4.69, 9.17) is 10.3 Å². The highest BCUT2D eigenvalue weighted by atomic mass is 16.5. The molecule has 1 aromatic carbocycles. The van der Waals surface area contributed by atoms with Crippen LogP contribution in [-0.4, -0.2) is 16.0 Å². The molecular weight excluding hydrogens is 280 g/mol. The zero-order valence-corrected chi connectivity index (χ0v) is 12.6. The van der Waals surface area contributed by atoms with Crippen molar-refractivity contribution in [2.24, 2.45) is 0 Å². The number of nitrogens with two attached hydrogens (primary N) is 1. The van der Waals surface area contributed by atoms with Gasteiger partial charge in [0.2, 0.25) is 11.8 Å². The fourth-order valence-electron chi connectivity index (χ4n) is 2.26. The maximum Gasteiger partial charge on any atom is 0.226 e. The van der Waals surface area contributed by atoms with Crippen LogP contribution in [0.2, 0.25) is 0 Å². The predicted octanol–water partition coefficient (Wildman–Crippen LogP) is 2.80. The van der Waals surface area contributed by atoms with E-state index in [0.717, 1.165) is 29.9 Å². The van der Waals surface area contributed by atoms with Gasteiger partial charge in [-0.15, -0.1) is 0 Å². The third kappa shape index (κ3) is 3.63. The highest BCUT2D eigenvalue weighted by Crippen LogP contribution is 2.38. The summed E-state index contributed by atoms with van der Waals surface area (Å²) in [6, 6.07) is 5.48. The number of benzene rings is 1. The van der Waals surface area contributed by atoms with Crippen molar-refractivity contribution >= 4 is 17.3 Å². The number of carbonyl (C=O) groups is 1. The summed E-state index contributed by atoms with van der Waals surface area (Å²) in [6.45, 7) is 1.94. The second-order valence-electron chi connectivity index (χ2n) is 5.80. The van der Waals surface area contributed by atoms with Gasteiger partial charge in [-0.3, -0.25) is 4.79 Å². The topological polar surface area (TPSA) is 94.0 Å². The lowest BCUT2D eigenvalue weighted by Crippen LogP contribution is -2.12. The van der Waals surface area contributed by atoms with Gasteiger partial charge in [0.1, 0.15) is 0 Å². The van der Waals surface area contributed by atoms with E-state index in [-0.39, 0.29) is 5.91 Å². The summed E-state index contributed by atoms with van der Waals surface area (Å²) >= 11 is 0. The Morgan fingerprint density at radius 3 is 3.05 bits per heavy atom. The zero-order chi connectivity index (χ0) is 15.5. The Balaban J connectivity index is 1.46. The van der Waals surface area contributed by atoms with E-state index >= 15 is 0 Å². The molecule has 1 amide bonds. The van der Waals surface area contributed by atoms with Crippen LogP contribution in [0, 0.1) is 6.92 Å². The van der Waals surface area contributed by atoms with Gasteiger partial charge in [0.05, 0.1) is 0 Å². The van der Waals surface area contributed by atoms with Crippen LogP contribution in [0.3, 0.4) is 0 Å². The summed E-state index contributed by atoms with van der Waals surface area (Å²) in [6.07, 6.45) is 4.03. The Kier molecular flexibility index (Phi) is 4.09. The minimum absolute atomic E-state index is 0.0318. The first-order chi connectivity index (χ1) is 10.6. The molecule has 1 aliphatic rings. The van der Waals surface area contributed by atoms with Crippen LogP contribution in [0.1, 0.15) is 48.9 Å². The first-order valence-electron chi connectivity index (χ1n) is 7.60. The third-order valence-corrected chi connectivity index (χ3v) is 3.76. The van der Waals surface area contributed by atoms with Gasteiger partial charge in [0, 0.05) is 30.1 Å². The number of nitrogens with zero attached hydrogens (tertiary/aromatic N) is 2. The molecule has 1 heterocycles. The van der Waals surface area contributed by atoms with E-state index in [2.05, 4.69) is 15.5 Å². The summed E-state index contributed by atoms with van der Waals surface area (Å²) in [5, 5.41) is 6.85. The molecule has 1 aliphatic carbocycles. The van der Waals surface area contributed by atoms with Crippen LogP contribution < -0.4 is 11.1 Å². The van der Waals surface area contributed by atoms with Crippen molar-refractivity contribution in [1.82, 2.24) is 10.1 Å². The smallest absolute Gasteiger partial charge is 0.226 e. The molecule has 3 N–H and O–H groups in total. The van der Waals surface area contributed by atoms with Crippen LogP contribution >= 0.6 is 0 Å². The molecule has 1 fully saturated rings. The van der Waals surface area contributed by atoms with Gasteiger partial charge >= 0.3 is 0 Å². The maximum atomic E-state index is 12.0. The van der Waals surface area contributed by atoms with Gasteiger partial charge in [-0.05, 0) is 43.9 Å². The Hall–Kier alpha value is -2.37. The molecule has 3 rings (SSSR count). The van der Waals surface area contributed by atoms with Gasteiger partial charge in [0.25, 0.3) is 0 Å². The molecule has 0 spiro atoms. The molecule has 6 nitrogen and oxygen atoms in total. The van der Waals surface area contributed by atoms with E-state index < -0.39 is 0 Å². The number of carbonyl (C=O) groups excluding carboxylic acids is 1. The summed E-state index contributed by atoms with van der Waals surface area (Å²) in [5.41, 5.74) is 8.13. The summed E-state index contributed by atoms with van der Waals surface area (Å²) < 4.78 is 5.19. The highest BCUT2D eigenvalue weighted by molar-refractivity contribution is 5.91. The predicted molar refractivity (Wildman–Crippen MR) is 83.4 cm³/mol. The number of nitrogens with one attached hydrogen (secondary N) is 1. The lowest BCUT2D eigenvalue weighted by Gasteiger charge is -2.08. The molecule has 6 heteroatoms. The molecule has 2 aromatic rings. The van der Waals surface area contributed by atoms with Gasteiger partial charge in [-0.2, -0.15) is 4.98 Å². The van der Waals surface area contributed by atoms with Crippen molar-refractivity contribution in [1.29, 1.82) is 0 Å². The van der Waals surface area contributed by atoms with Crippen molar-refractivity contribution in [3.05, 3.63) is 35.5 Å².